The van der Waals surface area contributed by atoms with Crippen molar-refractivity contribution in [1.29, 1.82) is 0 Å². The SMILES string of the molecule is CCc1nn(CC(=O)NC(C)c2ccccc2)c(=O)c2cc3occc3n12. The second-order valence-electron chi connectivity index (χ2n) is 6.47. The van der Waals surface area contributed by atoms with Gasteiger partial charge in [-0.2, -0.15) is 5.10 Å². The second kappa shape index (κ2) is 6.75. The van der Waals surface area contributed by atoms with Crippen molar-refractivity contribution in [3.63, 3.8) is 0 Å². The molecule has 1 amide bonds. The summed E-state index contributed by atoms with van der Waals surface area (Å²) < 4.78 is 8.42. The number of aromatic nitrogens is 3. The van der Waals surface area contributed by atoms with Crippen LogP contribution in [0.1, 0.15) is 31.3 Å². The first-order chi connectivity index (χ1) is 13.1. The van der Waals surface area contributed by atoms with Gasteiger partial charge in [0.2, 0.25) is 5.91 Å². The van der Waals surface area contributed by atoms with Crippen LogP contribution in [0.5, 0.6) is 0 Å². The maximum Gasteiger partial charge on any atom is 0.291 e. The highest BCUT2D eigenvalue weighted by molar-refractivity contribution is 5.82. The summed E-state index contributed by atoms with van der Waals surface area (Å²) in [4.78, 5) is 25.3. The summed E-state index contributed by atoms with van der Waals surface area (Å²) in [6.07, 6.45) is 2.20. The Bertz CT molecular complexity index is 1170. The van der Waals surface area contributed by atoms with Gasteiger partial charge in [-0.3, -0.25) is 14.0 Å². The normalized spacial score (nSPS) is 12.5. The zero-order chi connectivity index (χ0) is 19.0. The molecule has 3 aromatic heterocycles. The Morgan fingerprint density at radius 3 is 2.74 bits per heavy atom. The van der Waals surface area contributed by atoms with E-state index in [1.54, 1.807) is 22.8 Å². The van der Waals surface area contributed by atoms with Crippen molar-refractivity contribution in [2.45, 2.75) is 32.9 Å². The molecule has 1 N–H and O–H groups in total. The lowest BCUT2D eigenvalue weighted by Crippen LogP contribution is -2.36. The average Bonchev–Trinajstić information content (AvgIpc) is 3.26. The van der Waals surface area contributed by atoms with Crippen LogP contribution in [0.15, 0.2) is 57.9 Å². The number of carbonyl (C=O) groups is 1. The number of furan rings is 1. The molecule has 0 bridgehead atoms. The van der Waals surface area contributed by atoms with Crippen molar-refractivity contribution in [3.8, 4) is 0 Å². The molecule has 7 nitrogen and oxygen atoms in total. The second-order valence-corrected chi connectivity index (χ2v) is 6.47. The number of hydrogen-bond acceptors (Lipinski definition) is 4. The van der Waals surface area contributed by atoms with E-state index in [0.717, 1.165) is 11.1 Å². The number of aryl methyl sites for hydroxylation is 1. The summed E-state index contributed by atoms with van der Waals surface area (Å²) in [6, 6.07) is 13.0. The molecule has 1 unspecified atom stereocenters. The van der Waals surface area contributed by atoms with E-state index in [2.05, 4.69) is 10.4 Å². The summed E-state index contributed by atoms with van der Waals surface area (Å²) in [6.45, 7) is 3.73. The van der Waals surface area contributed by atoms with Gasteiger partial charge in [-0.15, -0.1) is 0 Å². The Morgan fingerprint density at radius 2 is 2.00 bits per heavy atom. The topological polar surface area (TPSA) is 81.5 Å². The number of hydrogen-bond donors (Lipinski definition) is 1. The fourth-order valence-corrected chi connectivity index (χ4v) is 3.31. The Hall–Kier alpha value is -3.35. The molecule has 3 heterocycles. The van der Waals surface area contributed by atoms with Crippen LogP contribution in [0.2, 0.25) is 0 Å². The van der Waals surface area contributed by atoms with Gasteiger partial charge in [0, 0.05) is 18.6 Å². The van der Waals surface area contributed by atoms with Crippen LogP contribution in [0.3, 0.4) is 0 Å². The van der Waals surface area contributed by atoms with Crippen molar-refractivity contribution < 1.29 is 9.21 Å². The molecule has 0 spiro atoms. The first kappa shape index (κ1) is 17.1. The highest BCUT2D eigenvalue weighted by Gasteiger charge is 2.17. The number of benzene rings is 1. The number of amides is 1. The summed E-state index contributed by atoms with van der Waals surface area (Å²) in [5.74, 6) is 0.438. The summed E-state index contributed by atoms with van der Waals surface area (Å²) in [5.41, 5.74) is 2.58. The van der Waals surface area contributed by atoms with E-state index in [0.29, 0.717) is 23.3 Å². The third-order valence-corrected chi connectivity index (χ3v) is 4.66. The summed E-state index contributed by atoms with van der Waals surface area (Å²) >= 11 is 0. The Labute approximate surface area is 155 Å². The molecule has 138 valence electrons. The molecule has 1 atom stereocenters. The van der Waals surface area contributed by atoms with Gasteiger partial charge in [0.1, 0.15) is 17.9 Å². The smallest absolute Gasteiger partial charge is 0.291 e. The van der Waals surface area contributed by atoms with Crippen molar-refractivity contribution in [2.24, 2.45) is 0 Å². The molecule has 0 fully saturated rings. The highest BCUT2D eigenvalue weighted by atomic mass is 16.3. The minimum absolute atomic E-state index is 0.133. The zero-order valence-corrected chi connectivity index (χ0v) is 15.2. The van der Waals surface area contributed by atoms with E-state index < -0.39 is 0 Å². The molecular weight excluding hydrogens is 344 g/mol. The van der Waals surface area contributed by atoms with E-state index in [1.165, 1.54) is 4.68 Å². The first-order valence-electron chi connectivity index (χ1n) is 8.91. The van der Waals surface area contributed by atoms with E-state index in [-0.39, 0.29) is 24.1 Å². The van der Waals surface area contributed by atoms with Gasteiger partial charge in [-0.05, 0) is 12.5 Å². The van der Waals surface area contributed by atoms with Crippen LogP contribution in [-0.2, 0) is 17.8 Å². The molecule has 4 aromatic rings. The fraction of sp³-hybridized carbons (Fsp3) is 0.250. The summed E-state index contributed by atoms with van der Waals surface area (Å²) in [7, 11) is 0. The molecule has 4 rings (SSSR count). The summed E-state index contributed by atoms with van der Waals surface area (Å²) in [5, 5.41) is 7.32. The standard InChI is InChI=1S/C20H20N4O3/c1-3-18-22-23(12-19(25)21-13(2)14-7-5-4-6-8-14)20(26)16-11-17-15(24(16)18)9-10-27-17/h4-11,13H,3,12H2,1-2H3,(H,21,25). The van der Waals surface area contributed by atoms with Crippen LogP contribution in [-0.4, -0.2) is 20.1 Å². The van der Waals surface area contributed by atoms with Crippen LogP contribution in [0.25, 0.3) is 16.6 Å². The largest absolute Gasteiger partial charge is 0.463 e. The fourth-order valence-electron chi connectivity index (χ4n) is 3.31. The van der Waals surface area contributed by atoms with E-state index in [4.69, 9.17) is 4.42 Å². The molecule has 7 heteroatoms. The van der Waals surface area contributed by atoms with Gasteiger partial charge in [-0.1, -0.05) is 37.3 Å². The van der Waals surface area contributed by atoms with Crippen LogP contribution in [0.4, 0.5) is 0 Å². The first-order valence-corrected chi connectivity index (χ1v) is 8.91. The molecule has 27 heavy (non-hydrogen) atoms. The maximum atomic E-state index is 12.8. The van der Waals surface area contributed by atoms with Gasteiger partial charge in [0.05, 0.1) is 17.8 Å². The predicted octanol–water partition coefficient (Wildman–Crippen LogP) is 2.68. The number of nitrogens with zero attached hydrogens (tertiary/aromatic N) is 3. The predicted molar refractivity (Wildman–Crippen MR) is 102 cm³/mol. The molecule has 0 aliphatic heterocycles. The number of carbonyl (C=O) groups excluding carboxylic acids is 1. The monoisotopic (exact) mass is 364 g/mol. The molecule has 0 radical (unpaired) electrons. The third-order valence-electron chi connectivity index (χ3n) is 4.66. The maximum absolute atomic E-state index is 12.8. The quantitative estimate of drug-likeness (QED) is 0.590. The molecule has 0 aliphatic rings. The van der Waals surface area contributed by atoms with Gasteiger partial charge < -0.3 is 9.73 Å². The average molecular weight is 364 g/mol. The molecule has 0 saturated heterocycles. The van der Waals surface area contributed by atoms with Crippen LogP contribution >= 0.6 is 0 Å². The lowest BCUT2D eigenvalue weighted by atomic mass is 10.1. The van der Waals surface area contributed by atoms with Crippen molar-refractivity contribution in [1.82, 2.24) is 19.5 Å². The Balaban J connectivity index is 1.64. The van der Waals surface area contributed by atoms with E-state index in [1.807, 2.05) is 44.2 Å². The molecule has 0 saturated carbocycles. The Kier molecular flexibility index (Phi) is 4.27. The molecule has 1 aromatic carbocycles. The number of rotatable bonds is 5. The minimum atomic E-state index is -0.318. The van der Waals surface area contributed by atoms with Crippen LogP contribution in [0, 0.1) is 0 Å². The van der Waals surface area contributed by atoms with E-state index in [9.17, 15) is 9.59 Å². The van der Waals surface area contributed by atoms with E-state index >= 15 is 0 Å². The molecule has 0 aliphatic carbocycles. The Morgan fingerprint density at radius 1 is 1.22 bits per heavy atom. The van der Waals surface area contributed by atoms with Gasteiger partial charge in [0.25, 0.3) is 5.56 Å². The lowest BCUT2D eigenvalue weighted by Gasteiger charge is -2.15. The van der Waals surface area contributed by atoms with Crippen molar-refractivity contribution in [3.05, 3.63) is 70.5 Å². The van der Waals surface area contributed by atoms with Gasteiger partial charge >= 0.3 is 0 Å². The van der Waals surface area contributed by atoms with Gasteiger partial charge in [0.15, 0.2) is 5.58 Å². The van der Waals surface area contributed by atoms with Crippen LogP contribution < -0.4 is 10.9 Å². The van der Waals surface area contributed by atoms with Crippen molar-refractivity contribution >= 4 is 22.5 Å². The van der Waals surface area contributed by atoms with Gasteiger partial charge in [-0.25, -0.2) is 4.68 Å². The molecular formula is C20H20N4O3. The van der Waals surface area contributed by atoms with Crippen molar-refractivity contribution in [2.75, 3.05) is 0 Å². The zero-order valence-electron chi connectivity index (χ0n) is 15.2. The number of fused-ring (bicyclic) bond motifs is 3. The third kappa shape index (κ3) is 3.01. The lowest BCUT2D eigenvalue weighted by molar-refractivity contribution is -0.122. The minimum Gasteiger partial charge on any atom is -0.463 e. The number of nitrogens with one attached hydrogen (secondary N) is 1. The highest BCUT2D eigenvalue weighted by Crippen LogP contribution is 2.20.